The lowest BCUT2D eigenvalue weighted by Crippen LogP contribution is -2.67. The average Bonchev–Trinajstić information content (AvgIpc) is 3.16. The fourth-order valence-electron chi connectivity index (χ4n) is 4.57. The van der Waals surface area contributed by atoms with Crippen LogP contribution in [0, 0.1) is 0 Å². The monoisotopic (exact) mass is 426 g/mol. The molecular weight excluding hydrogens is 392 g/mol. The van der Waals surface area contributed by atoms with E-state index in [1.807, 2.05) is 0 Å². The smallest absolute Gasteiger partial charge is 0.407 e. The van der Waals surface area contributed by atoms with Gasteiger partial charge >= 0.3 is 6.09 Å². The zero-order valence-corrected chi connectivity index (χ0v) is 19.5. The molecule has 30 heavy (non-hydrogen) atoms. The number of nitrogens with one attached hydrogen (secondary N) is 1. The predicted octanol–water partition coefficient (Wildman–Crippen LogP) is 3.29. The molecule has 1 heterocycles. The first-order valence-corrected chi connectivity index (χ1v) is 12.6. The number of carbonyl (C=O) groups is 1. The molecule has 1 amide bonds. The summed E-state index contributed by atoms with van der Waals surface area (Å²) in [6, 6.07) is 21.7. The van der Waals surface area contributed by atoms with E-state index in [2.05, 4.69) is 86.8 Å². The Hall–Kier alpha value is -2.15. The molecule has 2 aromatic carbocycles. The molecule has 0 spiro atoms. The standard InChI is InChI=1S/C24H34N2O3Si/c1-24(2,3)30(21-11-7-5-8-12-21,22-13-9-6-10-14-22)29-18-20-16-15-19(25-20)17-26(4)23(27)28/h5-14,19-20,25H,15-18H2,1-4H3,(H,27,28). The molecule has 1 saturated heterocycles. The van der Waals surface area contributed by atoms with Crippen LogP contribution in [-0.4, -0.2) is 56.7 Å². The van der Waals surface area contributed by atoms with Crippen molar-refractivity contribution in [1.29, 1.82) is 0 Å². The zero-order valence-electron chi connectivity index (χ0n) is 18.5. The number of hydrogen-bond acceptors (Lipinski definition) is 3. The molecule has 162 valence electrons. The number of nitrogens with zero attached hydrogens (tertiary/aromatic N) is 1. The van der Waals surface area contributed by atoms with Gasteiger partial charge in [-0.25, -0.2) is 4.79 Å². The molecule has 1 fully saturated rings. The van der Waals surface area contributed by atoms with Gasteiger partial charge in [0.05, 0.1) is 6.61 Å². The third-order valence-corrected chi connectivity index (χ3v) is 11.1. The lowest BCUT2D eigenvalue weighted by molar-refractivity contribution is 0.151. The van der Waals surface area contributed by atoms with Crippen molar-refractivity contribution < 1.29 is 14.3 Å². The summed E-state index contributed by atoms with van der Waals surface area (Å²) in [4.78, 5) is 12.5. The van der Waals surface area contributed by atoms with E-state index in [1.165, 1.54) is 15.3 Å². The highest BCUT2D eigenvalue weighted by atomic mass is 28.4. The lowest BCUT2D eigenvalue weighted by atomic mass is 10.2. The topological polar surface area (TPSA) is 61.8 Å². The number of benzene rings is 2. The van der Waals surface area contributed by atoms with E-state index in [-0.39, 0.29) is 17.1 Å². The Morgan fingerprint density at radius 1 is 1.03 bits per heavy atom. The minimum absolute atomic E-state index is 0.0444. The average molecular weight is 427 g/mol. The van der Waals surface area contributed by atoms with Crippen LogP contribution < -0.4 is 15.7 Å². The van der Waals surface area contributed by atoms with Crippen LogP contribution in [0.25, 0.3) is 0 Å². The van der Waals surface area contributed by atoms with Crippen LogP contribution in [0.1, 0.15) is 33.6 Å². The number of amides is 1. The summed E-state index contributed by atoms with van der Waals surface area (Å²) in [6.07, 6.45) is 1.08. The van der Waals surface area contributed by atoms with Crippen LogP contribution in [0.3, 0.4) is 0 Å². The summed E-state index contributed by atoms with van der Waals surface area (Å²) >= 11 is 0. The second kappa shape index (κ2) is 9.33. The molecule has 3 rings (SSSR count). The molecule has 0 bridgehead atoms. The van der Waals surface area contributed by atoms with Crippen molar-refractivity contribution in [2.75, 3.05) is 20.2 Å². The molecule has 2 N–H and O–H groups in total. The van der Waals surface area contributed by atoms with Gasteiger partial charge in [-0.15, -0.1) is 0 Å². The van der Waals surface area contributed by atoms with Crippen LogP contribution in [0.15, 0.2) is 60.7 Å². The first-order valence-electron chi connectivity index (χ1n) is 10.7. The van der Waals surface area contributed by atoms with Crippen molar-refractivity contribution in [1.82, 2.24) is 10.2 Å². The number of carboxylic acid groups (broad SMARTS) is 1. The Labute approximate surface area is 181 Å². The summed E-state index contributed by atoms with van der Waals surface area (Å²) < 4.78 is 7.00. The molecule has 2 unspecified atom stereocenters. The molecule has 5 nitrogen and oxygen atoms in total. The van der Waals surface area contributed by atoms with Crippen molar-refractivity contribution in [2.45, 2.75) is 50.7 Å². The summed E-state index contributed by atoms with van der Waals surface area (Å²) in [5.74, 6) is 0. The molecule has 6 heteroatoms. The van der Waals surface area contributed by atoms with E-state index in [9.17, 15) is 4.79 Å². The van der Waals surface area contributed by atoms with Crippen LogP contribution in [-0.2, 0) is 4.43 Å². The first kappa shape index (κ1) is 22.5. The van der Waals surface area contributed by atoms with Gasteiger partial charge in [0.1, 0.15) is 0 Å². The van der Waals surface area contributed by atoms with Gasteiger partial charge in [-0.1, -0.05) is 81.4 Å². The maximum Gasteiger partial charge on any atom is 0.407 e. The van der Waals surface area contributed by atoms with E-state index in [0.29, 0.717) is 13.2 Å². The summed E-state index contributed by atoms with van der Waals surface area (Å²) in [5.41, 5.74) is 0. The van der Waals surface area contributed by atoms with Gasteiger partial charge in [-0.05, 0) is 28.3 Å². The fourth-order valence-corrected chi connectivity index (χ4v) is 9.18. The van der Waals surface area contributed by atoms with Crippen molar-refractivity contribution in [2.24, 2.45) is 0 Å². The Balaban J connectivity index is 1.83. The van der Waals surface area contributed by atoms with E-state index in [1.54, 1.807) is 7.05 Å². The SMILES string of the molecule is CN(CC1CCC(CO[Si](c2ccccc2)(c2ccccc2)C(C)(C)C)N1)C(=O)O. The highest BCUT2D eigenvalue weighted by Gasteiger charge is 2.50. The molecule has 1 aliphatic heterocycles. The summed E-state index contributed by atoms with van der Waals surface area (Å²) in [6.45, 7) is 7.98. The molecule has 2 atom stereocenters. The van der Waals surface area contributed by atoms with Crippen LogP contribution in [0.2, 0.25) is 5.04 Å². The quantitative estimate of drug-likeness (QED) is 0.667. The van der Waals surface area contributed by atoms with Crippen molar-refractivity contribution in [3.05, 3.63) is 60.7 Å². The van der Waals surface area contributed by atoms with Crippen LogP contribution in [0.4, 0.5) is 4.79 Å². The van der Waals surface area contributed by atoms with Crippen molar-refractivity contribution in [3.8, 4) is 0 Å². The Morgan fingerprint density at radius 3 is 2.00 bits per heavy atom. The Morgan fingerprint density at radius 2 is 1.53 bits per heavy atom. The first-order chi connectivity index (χ1) is 14.2. The van der Waals surface area contributed by atoms with Gasteiger partial charge in [0, 0.05) is 25.7 Å². The van der Waals surface area contributed by atoms with E-state index in [4.69, 9.17) is 9.53 Å². The molecule has 2 aromatic rings. The minimum Gasteiger partial charge on any atom is -0.465 e. The van der Waals surface area contributed by atoms with Crippen LogP contribution >= 0.6 is 0 Å². The Bertz CT molecular complexity index is 784. The molecule has 0 saturated carbocycles. The largest absolute Gasteiger partial charge is 0.465 e. The van der Waals surface area contributed by atoms with Gasteiger partial charge in [0.25, 0.3) is 8.32 Å². The van der Waals surface area contributed by atoms with Crippen LogP contribution in [0.5, 0.6) is 0 Å². The third-order valence-electron chi connectivity index (χ3n) is 6.07. The van der Waals surface area contributed by atoms with Crippen molar-refractivity contribution in [3.63, 3.8) is 0 Å². The molecule has 0 radical (unpaired) electrons. The minimum atomic E-state index is -2.53. The number of rotatable bonds is 7. The maximum atomic E-state index is 11.1. The highest BCUT2D eigenvalue weighted by molar-refractivity contribution is 6.99. The zero-order chi connectivity index (χ0) is 21.8. The van der Waals surface area contributed by atoms with Gasteiger partial charge in [-0.3, -0.25) is 0 Å². The van der Waals surface area contributed by atoms with E-state index >= 15 is 0 Å². The number of hydrogen-bond donors (Lipinski definition) is 2. The van der Waals surface area contributed by atoms with Gasteiger partial charge in [0.2, 0.25) is 0 Å². The Kier molecular flexibility index (Phi) is 7.01. The number of likely N-dealkylation sites (N-methyl/N-ethyl adjacent to an activating group) is 1. The molecule has 1 aliphatic rings. The van der Waals surface area contributed by atoms with E-state index < -0.39 is 14.4 Å². The fraction of sp³-hybridized carbons (Fsp3) is 0.458. The lowest BCUT2D eigenvalue weighted by Gasteiger charge is -2.43. The molecule has 0 aliphatic carbocycles. The highest BCUT2D eigenvalue weighted by Crippen LogP contribution is 2.37. The second-order valence-corrected chi connectivity index (χ2v) is 13.6. The summed E-state index contributed by atoms with van der Waals surface area (Å²) in [5, 5.41) is 15.3. The maximum absolute atomic E-state index is 11.1. The second-order valence-electron chi connectivity index (χ2n) is 9.28. The summed E-state index contributed by atoms with van der Waals surface area (Å²) in [7, 11) is -0.912. The van der Waals surface area contributed by atoms with Gasteiger partial charge in [-0.2, -0.15) is 0 Å². The van der Waals surface area contributed by atoms with Gasteiger partial charge in [0.15, 0.2) is 0 Å². The molecular formula is C24H34N2O3Si. The normalized spacial score (nSPS) is 19.6. The predicted molar refractivity (Wildman–Crippen MR) is 124 cm³/mol. The van der Waals surface area contributed by atoms with Gasteiger partial charge < -0.3 is 19.7 Å². The van der Waals surface area contributed by atoms with Crippen molar-refractivity contribution >= 4 is 24.8 Å². The molecule has 0 aromatic heterocycles. The van der Waals surface area contributed by atoms with E-state index in [0.717, 1.165) is 12.8 Å². The third kappa shape index (κ3) is 4.77.